The first-order chi connectivity index (χ1) is 8.99. The van der Waals surface area contributed by atoms with Crippen LogP contribution in [0.25, 0.3) is 0 Å². The van der Waals surface area contributed by atoms with Gasteiger partial charge in [-0.1, -0.05) is 12.1 Å². The van der Waals surface area contributed by atoms with Gasteiger partial charge in [0.15, 0.2) is 0 Å². The van der Waals surface area contributed by atoms with Crippen molar-refractivity contribution >= 4 is 15.7 Å². The molecule has 0 aliphatic carbocycles. The van der Waals surface area contributed by atoms with Crippen molar-refractivity contribution in [3.05, 3.63) is 54.4 Å². The van der Waals surface area contributed by atoms with Crippen molar-refractivity contribution in [2.75, 3.05) is 4.72 Å². The summed E-state index contributed by atoms with van der Waals surface area (Å²) < 4.78 is 26.6. The van der Waals surface area contributed by atoms with Gasteiger partial charge in [0.05, 0.1) is 6.10 Å². The smallest absolute Gasteiger partial charge is 0.263 e. The highest BCUT2D eigenvalue weighted by atomic mass is 32.2. The van der Waals surface area contributed by atoms with Crippen LogP contribution in [0, 0.1) is 0 Å². The largest absolute Gasteiger partial charge is 0.389 e. The Morgan fingerprint density at radius 1 is 1.26 bits per heavy atom. The minimum atomic E-state index is -3.65. The standard InChI is InChI=1S/C13H14N2O3S/c1-10(16)11-4-2-5-12(8-11)15-19(17,18)13-6-3-7-14-9-13/h2-10,15-16H,1H3. The van der Waals surface area contributed by atoms with E-state index in [0.29, 0.717) is 11.3 Å². The van der Waals surface area contributed by atoms with Crippen LogP contribution < -0.4 is 4.72 Å². The maximum Gasteiger partial charge on any atom is 0.263 e. The zero-order valence-electron chi connectivity index (χ0n) is 10.3. The molecule has 0 aliphatic rings. The first kappa shape index (κ1) is 13.5. The van der Waals surface area contributed by atoms with Crippen molar-refractivity contribution in [3.63, 3.8) is 0 Å². The van der Waals surface area contributed by atoms with Crippen LogP contribution in [0.15, 0.2) is 53.7 Å². The first-order valence-corrected chi connectivity index (χ1v) is 7.18. The van der Waals surface area contributed by atoms with E-state index in [1.807, 2.05) is 0 Å². The summed E-state index contributed by atoms with van der Waals surface area (Å²) in [5, 5.41) is 9.48. The van der Waals surface area contributed by atoms with Gasteiger partial charge in [-0.05, 0) is 36.8 Å². The molecule has 0 saturated heterocycles. The van der Waals surface area contributed by atoms with E-state index in [2.05, 4.69) is 9.71 Å². The molecule has 0 amide bonds. The zero-order valence-corrected chi connectivity index (χ0v) is 11.1. The molecule has 0 fully saturated rings. The number of aliphatic hydroxyl groups excluding tert-OH is 1. The van der Waals surface area contributed by atoms with Crippen LogP contribution >= 0.6 is 0 Å². The normalized spacial score (nSPS) is 12.9. The first-order valence-electron chi connectivity index (χ1n) is 5.70. The number of pyridine rings is 1. The van der Waals surface area contributed by atoms with Gasteiger partial charge in [0.25, 0.3) is 10.0 Å². The lowest BCUT2D eigenvalue weighted by atomic mass is 10.1. The lowest BCUT2D eigenvalue weighted by molar-refractivity contribution is 0.199. The lowest BCUT2D eigenvalue weighted by Crippen LogP contribution is -2.13. The SMILES string of the molecule is CC(O)c1cccc(NS(=O)(=O)c2cccnc2)c1. The maximum atomic E-state index is 12.1. The van der Waals surface area contributed by atoms with E-state index in [1.165, 1.54) is 18.5 Å². The van der Waals surface area contributed by atoms with Gasteiger partial charge >= 0.3 is 0 Å². The molecule has 0 spiro atoms. The van der Waals surface area contributed by atoms with E-state index in [4.69, 9.17) is 0 Å². The summed E-state index contributed by atoms with van der Waals surface area (Å²) in [5.41, 5.74) is 1.05. The molecule has 0 aliphatic heterocycles. The number of benzene rings is 1. The summed E-state index contributed by atoms with van der Waals surface area (Å²) in [6, 6.07) is 9.66. The molecule has 19 heavy (non-hydrogen) atoms. The molecular formula is C13H14N2O3S. The third kappa shape index (κ3) is 3.30. The Bertz CT molecular complexity index is 655. The molecule has 0 radical (unpaired) electrons. The summed E-state index contributed by atoms with van der Waals surface area (Å²) in [5.74, 6) is 0. The average molecular weight is 278 g/mol. The maximum absolute atomic E-state index is 12.1. The Hall–Kier alpha value is -1.92. The molecule has 0 bridgehead atoms. The van der Waals surface area contributed by atoms with E-state index in [9.17, 15) is 13.5 Å². The number of nitrogens with zero attached hydrogens (tertiary/aromatic N) is 1. The van der Waals surface area contributed by atoms with Crippen molar-refractivity contribution in [2.45, 2.75) is 17.9 Å². The number of aliphatic hydroxyl groups is 1. The minimum Gasteiger partial charge on any atom is -0.389 e. The molecule has 5 nitrogen and oxygen atoms in total. The highest BCUT2D eigenvalue weighted by molar-refractivity contribution is 7.92. The second kappa shape index (κ2) is 5.38. The van der Waals surface area contributed by atoms with Gasteiger partial charge in [0, 0.05) is 18.1 Å². The van der Waals surface area contributed by atoms with E-state index in [-0.39, 0.29) is 4.90 Å². The fraction of sp³-hybridized carbons (Fsp3) is 0.154. The summed E-state index contributed by atoms with van der Waals surface area (Å²) in [4.78, 5) is 3.87. The van der Waals surface area contributed by atoms with Crippen LogP contribution in [0.3, 0.4) is 0 Å². The molecule has 1 aromatic heterocycles. The predicted molar refractivity (Wildman–Crippen MR) is 72.1 cm³/mol. The van der Waals surface area contributed by atoms with Crippen molar-refractivity contribution in [1.82, 2.24) is 4.98 Å². The van der Waals surface area contributed by atoms with E-state index in [1.54, 1.807) is 37.3 Å². The van der Waals surface area contributed by atoms with Gasteiger partial charge in [-0.15, -0.1) is 0 Å². The van der Waals surface area contributed by atoms with Crippen molar-refractivity contribution in [1.29, 1.82) is 0 Å². The van der Waals surface area contributed by atoms with Crippen molar-refractivity contribution < 1.29 is 13.5 Å². The van der Waals surface area contributed by atoms with E-state index >= 15 is 0 Å². The molecule has 2 N–H and O–H groups in total. The van der Waals surface area contributed by atoms with Crippen LogP contribution in [0.5, 0.6) is 0 Å². The van der Waals surface area contributed by atoms with Gasteiger partial charge < -0.3 is 5.11 Å². The van der Waals surface area contributed by atoms with Crippen LogP contribution in [-0.2, 0) is 10.0 Å². The minimum absolute atomic E-state index is 0.0949. The Balaban J connectivity index is 2.29. The number of hydrogen-bond donors (Lipinski definition) is 2. The van der Waals surface area contributed by atoms with Crippen molar-refractivity contribution in [2.24, 2.45) is 0 Å². The van der Waals surface area contributed by atoms with Gasteiger partial charge in [-0.3, -0.25) is 9.71 Å². The number of sulfonamides is 1. The van der Waals surface area contributed by atoms with Crippen LogP contribution in [0.2, 0.25) is 0 Å². The summed E-state index contributed by atoms with van der Waals surface area (Å²) in [7, 11) is -3.65. The highest BCUT2D eigenvalue weighted by Gasteiger charge is 2.14. The van der Waals surface area contributed by atoms with Gasteiger partial charge in [-0.2, -0.15) is 0 Å². The fourth-order valence-corrected chi connectivity index (χ4v) is 2.59. The molecule has 0 saturated carbocycles. The number of rotatable bonds is 4. The van der Waals surface area contributed by atoms with Crippen LogP contribution in [0.1, 0.15) is 18.6 Å². The van der Waals surface area contributed by atoms with Gasteiger partial charge in [0.1, 0.15) is 4.90 Å². The fourth-order valence-electron chi connectivity index (χ4n) is 1.58. The third-order valence-electron chi connectivity index (χ3n) is 2.57. The predicted octanol–water partition coefficient (Wildman–Crippen LogP) is 1.94. The van der Waals surface area contributed by atoms with Crippen LogP contribution in [-0.4, -0.2) is 18.5 Å². The molecule has 1 atom stereocenters. The van der Waals surface area contributed by atoms with E-state index < -0.39 is 16.1 Å². The number of hydrogen-bond acceptors (Lipinski definition) is 4. The second-order valence-electron chi connectivity index (χ2n) is 4.10. The topological polar surface area (TPSA) is 79.3 Å². The Morgan fingerprint density at radius 3 is 2.68 bits per heavy atom. The number of nitrogens with one attached hydrogen (secondary N) is 1. The monoisotopic (exact) mass is 278 g/mol. The number of anilines is 1. The highest BCUT2D eigenvalue weighted by Crippen LogP contribution is 2.19. The zero-order chi connectivity index (χ0) is 13.9. The van der Waals surface area contributed by atoms with Gasteiger partial charge in [0.2, 0.25) is 0 Å². The molecule has 6 heteroatoms. The quantitative estimate of drug-likeness (QED) is 0.895. The van der Waals surface area contributed by atoms with Gasteiger partial charge in [-0.25, -0.2) is 8.42 Å². The Kier molecular flexibility index (Phi) is 3.82. The molecule has 1 aromatic carbocycles. The number of aromatic nitrogens is 1. The molecule has 1 heterocycles. The summed E-state index contributed by atoms with van der Waals surface area (Å²) >= 11 is 0. The average Bonchev–Trinajstić information content (AvgIpc) is 2.39. The molecule has 2 rings (SSSR count). The Labute approximate surface area is 112 Å². The van der Waals surface area contributed by atoms with Crippen LogP contribution in [0.4, 0.5) is 5.69 Å². The summed E-state index contributed by atoms with van der Waals surface area (Å²) in [6.45, 7) is 1.62. The Morgan fingerprint density at radius 2 is 2.05 bits per heavy atom. The molecular weight excluding hydrogens is 264 g/mol. The lowest BCUT2D eigenvalue weighted by Gasteiger charge is -2.10. The summed E-state index contributed by atoms with van der Waals surface area (Å²) in [6.07, 6.45) is 2.14. The van der Waals surface area contributed by atoms with E-state index in [0.717, 1.165) is 0 Å². The molecule has 2 aromatic rings. The second-order valence-corrected chi connectivity index (χ2v) is 5.78. The third-order valence-corrected chi connectivity index (χ3v) is 3.93. The molecule has 1 unspecified atom stereocenters. The molecule has 100 valence electrons. The van der Waals surface area contributed by atoms with Crippen molar-refractivity contribution in [3.8, 4) is 0 Å².